The Kier molecular flexibility index (Phi) is 3.91. The van der Waals surface area contributed by atoms with E-state index in [1.807, 2.05) is 31.2 Å². The second-order valence-corrected chi connectivity index (χ2v) is 7.37. The summed E-state index contributed by atoms with van der Waals surface area (Å²) in [6, 6.07) is 9.54. The van der Waals surface area contributed by atoms with Crippen LogP contribution in [0.4, 0.5) is 5.13 Å². The maximum absolute atomic E-state index is 12.3. The smallest absolute Gasteiger partial charge is 0.267 e. The van der Waals surface area contributed by atoms with Gasteiger partial charge in [0.25, 0.3) is 5.91 Å². The molecular weight excluding hydrogens is 346 g/mol. The quantitative estimate of drug-likeness (QED) is 0.773. The van der Waals surface area contributed by atoms with Crippen molar-refractivity contribution in [3.05, 3.63) is 40.2 Å². The lowest BCUT2D eigenvalue weighted by Crippen LogP contribution is -2.15. The van der Waals surface area contributed by atoms with E-state index in [0.717, 1.165) is 26.9 Å². The minimum absolute atomic E-state index is 0.181. The normalized spacial score (nSPS) is 12.9. The number of benzene rings is 1. The molecule has 1 aliphatic rings. The molecule has 24 heavy (non-hydrogen) atoms. The summed E-state index contributed by atoms with van der Waals surface area (Å²) in [5.41, 5.74) is 0.995. The number of fused-ring (bicyclic) bond motifs is 1. The number of ether oxygens (including phenoxy) is 2. The lowest BCUT2D eigenvalue weighted by molar-refractivity contribution is 0.103. The highest BCUT2D eigenvalue weighted by atomic mass is 32.1. The number of hydrogen-bond donors (Lipinski definition) is 1. The van der Waals surface area contributed by atoms with Crippen molar-refractivity contribution < 1.29 is 14.3 Å². The number of amides is 1. The number of anilines is 1. The van der Waals surface area contributed by atoms with E-state index in [0.29, 0.717) is 23.2 Å². The second kappa shape index (κ2) is 6.21. The van der Waals surface area contributed by atoms with Crippen molar-refractivity contribution in [1.29, 1.82) is 0 Å². The number of thiophene rings is 1. The maximum atomic E-state index is 12.3. The number of carbonyl (C=O) groups is 1. The molecule has 1 N–H and O–H groups in total. The van der Waals surface area contributed by atoms with E-state index in [1.165, 1.54) is 22.7 Å². The number of nitrogens with one attached hydrogen (secondary N) is 1. The fourth-order valence-electron chi connectivity index (χ4n) is 2.32. The molecule has 3 aromatic rings. The van der Waals surface area contributed by atoms with Gasteiger partial charge in [-0.25, -0.2) is 0 Å². The van der Waals surface area contributed by atoms with Crippen molar-refractivity contribution >= 4 is 33.7 Å². The van der Waals surface area contributed by atoms with E-state index in [9.17, 15) is 4.79 Å². The summed E-state index contributed by atoms with van der Waals surface area (Å²) < 4.78 is 11.1. The monoisotopic (exact) mass is 359 g/mol. The van der Waals surface area contributed by atoms with Gasteiger partial charge in [-0.05, 0) is 42.8 Å². The van der Waals surface area contributed by atoms with Gasteiger partial charge in [-0.3, -0.25) is 10.1 Å². The summed E-state index contributed by atoms with van der Waals surface area (Å²) in [6.07, 6.45) is 0. The molecule has 0 saturated carbocycles. The molecule has 6 nitrogen and oxygen atoms in total. The standard InChI is InChI=1S/C16H13N3O3S2/c1-9-18-19-16(23-9)17-15(20)14-5-4-13(24-14)10-2-3-11-12(8-10)22-7-6-21-11/h2-5,8H,6-7H2,1H3,(H,17,19,20). The van der Waals surface area contributed by atoms with Crippen LogP contribution < -0.4 is 14.8 Å². The average molecular weight is 359 g/mol. The van der Waals surface area contributed by atoms with Crippen LogP contribution in [-0.4, -0.2) is 29.3 Å². The molecule has 0 unspecified atom stereocenters. The largest absolute Gasteiger partial charge is 0.486 e. The van der Waals surface area contributed by atoms with Crippen molar-refractivity contribution in [2.24, 2.45) is 0 Å². The number of hydrogen-bond acceptors (Lipinski definition) is 7. The highest BCUT2D eigenvalue weighted by Crippen LogP contribution is 2.37. The van der Waals surface area contributed by atoms with Crippen molar-refractivity contribution in [3.63, 3.8) is 0 Å². The van der Waals surface area contributed by atoms with Crippen LogP contribution in [0.3, 0.4) is 0 Å². The van der Waals surface area contributed by atoms with Crippen LogP contribution in [0.15, 0.2) is 30.3 Å². The number of carbonyl (C=O) groups excluding carboxylic acids is 1. The Balaban J connectivity index is 1.55. The third-order valence-corrected chi connectivity index (χ3v) is 5.29. The van der Waals surface area contributed by atoms with Gasteiger partial charge in [-0.2, -0.15) is 0 Å². The predicted octanol–water partition coefficient (Wildman–Crippen LogP) is 3.60. The van der Waals surface area contributed by atoms with Crippen molar-refractivity contribution in [2.45, 2.75) is 6.92 Å². The molecule has 0 atom stereocenters. The Morgan fingerprint density at radius 2 is 1.92 bits per heavy atom. The predicted molar refractivity (Wildman–Crippen MR) is 93.3 cm³/mol. The molecule has 4 rings (SSSR count). The van der Waals surface area contributed by atoms with Crippen LogP contribution in [-0.2, 0) is 0 Å². The minimum atomic E-state index is -0.181. The van der Waals surface area contributed by atoms with Gasteiger partial charge < -0.3 is 9.47 Å². The molecule has 122 valence electrons. The molecule has 0 bridgehead atoms. The minimum Gasteiger partial charge on any atom is -0.486 e. The number of nitrogens with zero attached hydrogens (tertiary/aromatic N) is 2. The molecule has 0 fully saturated rings. The molecule has 3 heterocycles. The average Bonchev–Trinajstić information content (AvgIpc) is 3.24. The molecule has 2 aromatic heterocycles. The lowest BCUT2D eigenvalue weighted by atomic mass is 10.1. The molecule has 1 aromatic carbocycles. The van der Waals surface area contributed by atoms with E-state index in [4.69, 9.17) is 9.47 Å². The van der Waals surface area contributed by atoms with Crippen LogP contribution in [0.1, 0.15) is 14.7 Å². The summed E-state index contributed by atoms with van der Waals surface area (Å²) in [5.74, 6) is 1.31. The zero-order valence-corrected chi connectivity index (χ0v) is 14.4. The van der Waals surface area contributed by atoms with Gasteiger partial charge in [-0.15, -0.1) is 21.5 Å². The second-order valence-electron chi connectivity index (χ2n) is 5.10. The van der Waals surface area contributed by atoms with Crippen LogP contribution in [0.25, 0.3) is 10.4 Å². The van der Waals surface area contributed by atoms with Gasteiger partial charge in [0.15, 0.2) is 11.5 Å². The first kappa shape index (κ1) is 15.1. The molecule has 0 radical (unpaired) electrons. The highest BCUT2D eigenvalue weighted by Gasteiger charge is 2.15. The summed E-state index contributed by atoms with van der Waals surface area (Å²) in [6.45, 7) is 2.97. The third-order valence-electron chi connectivity index (χ3n) is 3.40. The Labute approximate surface area is 146 Å². The molecule has 1 aliphatic heterocycles. The zero-order chi connectivity index (χ0) is 16.5. The van der Waals surface area contributed by atoms with Crippen molar-refractivity contribution in [2.75, 3.05) is 18.5 Å². The van der Waals surface area contributed by atoms with Crippen LogP contribution in [0.5, 0.6) is 11.5 Å². The zero-order valence-electron chi connectivity index (χ0n) is 12.7. The van der Waals surface area contributed by atoms with Gasteiger partial charge >= 0.3 is 0 Å². The van der Waals surface area contributed by atoms with E-state index in [1.54, 1.807) is 6.07 Å². The van der Waals surface area contributed by atoms with Crippen LogP contribution in [0, 0.1) is 6.92 Å². The first-order valence-electron chi connectivity index (χ1n) is 7.30. The molecule has 1 amide bonds. The fraction of sp³-hybridized carbons (Fsp3) is 0.188. The summed E-state index contributed by atoms with van der Waals surface area (Å²) >= 11 is 2.77. The number of aromatic nitrogens is 2. The van der Waals surface area contributed by atoms with Gasteiger partial charge in [0.1, 0.15) is 18.2 Å². The molecule has 0 saturated heterocycles. The van der Waals surface area contributed by atoms with Crippen molar-refractivity contribution in [3.8, 4) is 21.9 Å². The van der Waals surface area contributed by atoms with E-state index < -0.39 is 0 Å². The highest BCUT2D eigenvalue weighted by molar-refractivity contribution is 7.18. The summed E-state index contributed by atoms with van der Waals surface area (Å²) in [4.78, 5) is 13.9. The van der Waals surface area contributed by atoms with Gasteiger partial charge in [0.2, 0.25) is 5.13 Å². The number of aryl methyl sites for hydroxylation is 1. The van der Waals surface area contributed by atoms with Crippen molar-refractivity contribution in [1.82, 2.24) is 10.2 Å². The summed E-state index contributed by atoms with van der Waals surface area (Å²) in [7, 11) is 0. The molecule has 0 spiro atoms. The fourth-order valence-corrected chi connectivity index (χ4v) is 3.80. The molecule has 0 aliphatic carbocycles. The topological polar surface area (TPSA) is 73.3 Å². The first-order chi connectivity index (χ1) is 11.7. The maximum Gasteiger partial charge on any atom is 0.267 e. The Morgan fingerprint density at radius 1 is 1.08 bits per heavy atom. The Morgan fingerprint density at radius 3 is 2.71 bits per heavy atom. The van der Waals surface area contributed by atoms with E-state index >= 15 is 0 Å². The van der Waals surface area contributed by atoms with Gasteiger partial charge in [0.05, 0.1) is 4.88 Å². The van der Waals surface area contributed by atoms with E-state index in [2.05, 4.69) is 15.5 Å². The third kappa shape index (κ3) is 2.98. The number of rotatable bonds is 3. The van der Waals surface area contributed by atoms with E-state index in [-0.39, 0.29) is 5.91 Å². The summed E-state index contributed by atoms with van der Waals surface area (Å²) in [5, 5.41) is 11.9. The van der Waals surface area contributed by atoms with Gasteiger partial charge in [-0.1, -0.05) is 11.3 Å². The van der Waals surface area contributed by atoms with Gasteiger partial charge in [0, 0.05) is 4.88 Å². The first-order valence-corrected chi connectivity index (χ1v) is 8.94. The van der Waals surface area contributed by atoms with Crippen LogP contribution >= 0.6 is 22.7 Å². The Bertz CT molecular complexity index is 904. The SMILES string of the molecule is Cc1nnc(NC(=O)c2ccc(-c3ccc4c(c3)OCCO4)s2)s1. The molecular formula is C16H13N3O3S2. The van der Waals surface area contributed by atoms with Crippen LogP contribution in [0.2, 0.25) is 0 Å². The lowest BCUT2D eigenvalue weighted by Gasteiger charge is -2.18. The molecule has 8 heteroatoms. The Hall–Kier alpha value is -2.45.